The summed E-state index contributed by atoms with van der Waals surface area (Å²) >= 11 is 0. The largest absolute Gasteiger partial charge is 0.380 e. The lowest BCUT2D eigenvalue weighted by Crippen LogP contribution is -2.40. The van der Waals surface area contributed by atoms with Crippen LogP contribution in [0.25, 0.3) is 0 Å². The van der Waals surface area contributed by atoms with E-state index in [1.54, 1.807) is 14.2 Å². The Bertz CT molecular complexity index is 141. The first kappa shape index (κ1) is 11.0. The fraction of sp³-hybridized carbons (Fsp3) is 1.00. The smallest absolute Gasteiger partial charge is 0.0724 e. The highest BCUT2D eigenvalue weighted by Gasteiger charge is 2.26. The Morgan fingerprint density at radius 3 is 2.77 bits per heavy atom. The van der Waals surface area contributed by atoms with E-state index in [-0.39, 0.29) is 6.10 Å². The molecule has 3 nitrogen and oxygen atoms in total. The van der Waals surface area contributed by atoms with Crippen LogP contribution in [0.2, 0.25) is 0 Å². The van der Waals surface area contributed by atoms with E-state index in [2.05, 4.69) is 12.2 Å². The van der Waals surface area contributed by atoms with E-state index >= 15 is 0 Å². The van der Waals surface area contributed by atoms with Gasteiger partial charge in [0.2, 0.25) is 0 Å². The van der Waals surface area contributed by atoms with Gasteiger partial charge < -0.3 is 14.8 Å². The number of methoxy groups -OCH3 is 2. The van der Waals surface area contributed by atoms with Crippen molar-refractivity contribution in [3.63, 3.8) is 0 Å². The molecular weight excluding hydrogens is 166 g/mol. The Morgan fingerprint density at radius 1 is 1.38 bits per heavy atom. The zero-order chi connectivity index (χ0) is 9.68. The lowest BCUT2D eigenvalue weighted by molar-refractivity contribution is 0.0717. The summed E-state index contributed by atoms with van der Waals surface area (Å²) in [7, 11) is 3.54. The average Bonchev–Trinajstić information content (AvgIpc) is 2.61. The number of nitrogens with one attached hydrogen (secondary N) is 1. The molecule has 1 saturated carbocycles. The van der Waals surface area contributed by atoms with Crippen LogP contribution in [0, 0.1) is 0 Å². The van der Waals surface area contributed by atoms with Crippen molar-refractivity contribution < 1.29 is 9.47 Å². The van der Waals surface area contributed by atoms with Crippen molar-refractivity contribution in [3.8, 4) is 0 Å². The topological polar surface area (TPSA) is 30.5 Å². The molecule has 0 spiro atoms. The van der Waals surface area contributed by atoms with Crippen molar-refractivity contribution in [3.05, 3.63) is 0 Å². The fourth-order valence-corrected chi connectivity index (χ4v) is 1.84. The summed E-state index contributed by atoms with van der Waals surface area (Å²) in [4.78, 5) is 0. The van der Waals surface area contributed by atoms with Gasteiger partial charge in [0.25, 0.3) is 0 Å². The summed E-state index contributed by atoms with van der Waals surface area (Å²) in [5.41, 5.74) is 0. The van der Waals surface area contributed by atoms with Gasteiger partial charge in [0, 0.05) is 26.8 Å². The van der Waals surface area contributed by atoms with E-state index < -0.39 is 0 Å². The van der Waals surface area contributed by atoms with E-state index in [4.69, 9.17) is 9.47 Å². The van der Waals surface area contributed by atoms with E-state index in [1.165, 1.54) is 19.3 Å². The van der Waals surface area contributed by atoms with Gasteiger partial charge in [-0.05, 0) is 26.2 Å². The van der Waals surface area contributed by atoms with Crippen LogP contribution in [0.5, 0.6) is 0 Å². The maximum atomic E-state index is 5.39. The minimum Gasteiger partial charge on any atom is -0.380 e. The predicted molar refractivity (Wildman–Crippen MR) is 52.9 cm³/mol. The second-order valence-corrected chi connectivity index (χ2v) is 3.77. The van der Waals surface area contributed by atoms with Crippen LogP contribution in [0.1, 0.15) is 26.2 Å². The molecule has 0 saturated heterocycles. The normalized spacial score (nSPS) is 30.7. The summed E-state index contributed by atoms with van der Waals surface area (Å²) in [5, 5.41) is 3.48. The summed E-state index contributed by atoms with van der Waals surface area (Å²) < 4.78 is 10.6. The molecule has 1 fully saturated rings. The van der Waals surface area contributed by atoms with Crippen LogP contribution < -0.4 is 5.32 Å². The zero-order valence-corrected chi connectivity index (χ0v) is 8.88. The minimum atomic E-state index is 0.290. The Labute approximate surface area is 80.8 Å². The standard InChI is InChI=1S/C10H21NO2/c1-8(12-2)7-11-9-5-4-6-10(9)13-3/h8-11H,4-7H2,1-3H3. The number of hydrogen-bond acceptors (Lipinski definition) is 3. The zero-order valence-electron chi connectivity index (χ0n) is 8.88. The van der Waals surface area contributed by atoms with Crippen LogP contribution in [-0.2, 0) is 9.47 Å². The summed E-state index contributed by atoms with van der Waals surface area (Å²) in [6.07, 6.45) is 4.39. The van der Waals surface area contributed by atoms with Crippen LogP contribution in [0.3, 0.4) is 0 Å². The molecule has 0 bridgehead atoms. The van der Waals surface area contributed by atoms with Crippen molar-refractivity contribution in [2.24, 2.45) is 0 Å². The molecule has 3 atom stereocenters. The molecule has 1 rings (SSSR count). The highest BCUT2D eigenvalue weighted by Crippen LogP contribution is 2.21. The Kier molecular flexibility index (Phi) is 4.70. The highest BCUT2D eigenvalue weighted by atomic mass is 16.5. The molecule has 0 aliphatic heterocycles. The van der Waals surface area contributed by atoms with Crippen LogP contribution >= 0.6 is 0 Å². The van der Waals surface area contributed by atoms with E-state index in [1.807, 2.05) is 0 Å². The van der Waals surface area contributed by atoms with Crippen LogP contribution in [0.15, 0.2) is 0 Å². The maximum Gasteiger partial charge on any atom is 0.0724 e. The number of hydrogen-bond donors (Lipinski definition) is 1. The predicted octanol–water partition coefficient (Wildman–Crippen LogP) is 1.18. The summed E-state index contributed by atoms with van der Waals surface area (Å²) in [5.74, 6) is 0. The van der Waals surface area contributed by atoms with Crippen molar-refractivity contribution in [2.75, 3.05) is 20.8 Å². The van der Waals surface area contributed by atoms with E-state index in [9.17, 15) is 0 Å². The molecule has 1 aliphatic rings. The summed E-state index contributed by atoms with van der Waals surface area (Å²) in [6.45, 7) is 2.99. The molecule has 13 heavy (non-hydrogen) atoms. The molecule has 0 heterocycles. The van der Waals surface area contributed by atoms with Gasteiger partial charge in [-0.15, -0.1) is 0 Å². The maximum absolute atomic E-state index is 5.39. The highest BCUT2D eigenvalue weighted by molar-refractivity contribution is 4.84. The van der Waals surface area contributed by atoms with Gasteiger partial charge in [-0.25, -0.2) is 0 Å². The van der Waals surface area contributed by atoms with Crippen molar-refractivity contribution in [1.82, 2.24) is 5.32 Å². The van der Waals surface area contributed by atoms with Crippen LogP contribution in [-0.4, -0.2) is 39.0 Å². The number of rotatable bonds is 5. The molecule has 3 heteroatoms. The van der Waals surface area contributed by atoms with Crippen molar-refractivity contribution in [2.45, 2.75) is 44.4 Å². The van der Waals surface area contributed by atoms with Crippen molar-refractivity contribution >= 4 is 0 Å². The van der Waals surface area contributed by atoms with Gasteiger partial charge in [-0.2, -0.15) is 0 Å². The fourth-order valence-electron chi connectivity index (χ4n) is 1.84. The quantitative estimate of drug-likeness (QED) is 0.701. The molecule has 0 aromatic rings. The molecule has 1 N–H and O–H groups in total. The molecule has 0 radical (unpaired) electrons. The Balaban J connectivity index is 2.19. The third-order valence-corrected chi connectivity index (χ3v) is 2.83. The SMILES string of the molecule is COC(C)CNC1CCCC1OC. The van der Waals surface area contributed by atoms with Crippen LogP contribution in [0.4, 0.5) is 0 Å². The minimum absolute atomic E-state index is 0.290. The third kappa shape index (κ3) is 3.25. The van der Waals surface area contributed by atoms with Gasteiger partial charge in [-0.3, -0.25) is 0 Å². The summed E-state index contributed by atoms with van der Waals surface area (Å²) in [6, 6.07) is 0.530. The molecule has 0 aromatic heterocycles. The molecule has 0 amide bonds. The third-order valence-electron chi connectivity index (χ3n) is 2.83. The van der Waals surface area contributed by atoms with Gasteiger partial charge >= 0.3 is 0 Å². The van der Waals surface area contributed by atoms with Crippen molar-refractivity contribution in [1.29, 1.82) is 0 Å². The second kappa shape index (κ2) is 5.58. The molecule has 3 unspecified atom stereocenters. The van der Waals surface area contributed by atoms with E-state index in [0.29, 0.717) is 12.1 Å². The molecule has 78 valence electrons. The molecule has 1 aliphatic carbocycles. The first-order valence-corrected chi connectivity index (χ1v) is 5.07. The lowest BCUT2D eigenvalue weighted by atomic mass is 10.2. The van der Waals surface area contributed by atoms with Gasteiger partial charge in [0.05, 0.1) is 12.2 Å². The Morgan fingerprint density at radius 2 is 2.15 bits per heavy atom. The first-order valence-electron chi connectivity index (χ1n) is 5.07. The van der Waals surface area contributed by atoms with E-state index in [0.717, 1.165) is 6.54 Å². The Hall–Kier alpha value is -0.120. The monoisotopic (exact) mass is 187 g/mol. The molecular formula is C10H21NO2. The first-order chi connectivity index (χ1) is 6.27. The van der Waals surface area contributed by atoms with Gasteiger partial charge in [0.1, 0.15) is 0 Å². The van der Waals surface area contributed by atoms with Gasteiger partial charge in [-0.1, -0.05) is 0 Å². The lowest BCUT2D eigenvalue weighted by Gasteiger charge is -2.21. The number of ether oxygens (including phenoxy) is 2. The average molecular weight is 187 g/mol. The molecule has 0 aromatic carbocycles. The van der Waals surface area contributed by atoms with Gasteiger partial charge in [0.15, 0.2) is 0 Å². The second-order valence-electron chi connectivity index (χ2n) is 3.77.